The number of amides is 6. The van der Waals surface area contributed by atoms with Crippen LogP contribution in [-0.4, -0.2) is 104 Å². The second-order valence-corrected chi connectivity index (χ2v) is 15.8. The Labute approximate surface area is 351 Å². The molecule has 2 fully saturated rings. The molecule has 61 heavy (non-hydrogen) atoms. The van der Waals surface area contributed by atoms with Gasteiger partial charge in [0.2, 0.25) is 17.7 Å². The molecule has 2 unspecified atom stereocenters. The van der Waals surface area contributed by atoms with Crippen molar-refractivity contribution in [2.75, 3.05) is 43.4 Å². The summed E-state index contributed by atoms with van der Waals surface area (Å²) in [6, 6.07) is 19.3. The zero-order valence-corrected chi connectivity index (χ0v) is 33.6. The molecule has 2 saturated heterocycles. The van der Waals surface area contributed by atoms with E-state index >= 15 is 0 Å². The number of nitrogens with one attached hydrogen (secondary N) is 3. The highest BCUT2D eigenvalue weighted by atomic mass is 16.2. The Hall–Kier alpha value is -7.02. The van der Waals surface area contributed by atoms with E-state index in [2.05, 4.69) is 53.7 Å². The van der Waals surface area contributed by atoms with Crippen molar-refractivity contribution in [3.05, 3.63) is 124 Å². The Bertz CT molecular complexity index is 2710. The third kappa shape index (κ3) is 7.90. The number of aromatic nitrogens is 3. The SMILES string of the molecule is Cc1ccc(NC(=O)c2ccc3c(c2)CCCC3N2CCN(CCC(=O)Nc3cccc4c3C(=O)N(C3CCC(=O)NC3=O)C4=O)CC2)cc1C#Cc1cnc2cccnn12. The number of piperazine rings is 1. The lowest BCUT2D eigenvalue weighted by Crippen LogP contribution is -2.54. The maximum Gasteiger partial charge on any atom is 0.264 e. The summed E-state index contributed by atoms with van der Waals surface area (Å²) in [5, 5.41) is 12.4. The number of nitrogens with zero attached hydrogens (tertiary/aromatic N) is 6. The molecule has 3 N–H and O–H groups in total. The lowest BCUT2D eigenvalue weighted by Gasteiger charge is -2.41. The normalized spacial score (nSPS) is 19.2. The van der Waals surface area contributed by atoms with Crippen LogP contribution in [-0.2, 0) is 20.8 Å². The molecule has 4 aliphatic rings. The topological polar surface area (TPSA) is 178 Å². The number of fused-ring (bicyclic) bond motifs is 3. The van der Waals surface area contributed by atoms with Gasteiger partial charge in [0.05, 0.1) is 23.0 Å². The number of imidazole rings is 1. The van der Waals surface area contributed by atoms with Crippen LogP contribution in [0, 0.1) is 18.8 Å². The number of aryl methyl sites for hydroxylation is 2. The first-order valence-electron chi connectivity index (χ1n) is 20.6. The molecule has 9 rings (SSSR count). The summed E-state index contributed by atoms with van der Waals surface area (Å²) in [7, 11) is 0. The van der Waals surface area contributed by atoms with Crippen LogP contribution in [0.3, 0.4) is 0 Å². The molecule has 5 aromatic rings. The van der Waals surface area contributed by atoms with Gasteiger partial charge >= 0.3 is 0 Å². The van der Waals surface area contributed by atoms with E-state index in [4.69, 9.17) is 0 Å². The summed E-state index contributed by atoms with van der Waals surface area (Å²) < 4.78 is 1.69. The van der Waals surface area contributed by atoms with Crippen LogP contribution in [0.25, 0.3) is 5.65 Å². The standard InChI is InChI=1S/C46H43N9O6/c1-28-10-13-32(26-29(28)11-14-33-27-47-39-9-4-19-48-55(33)39)49-43(58)31-12-15-34-30(25-31)5-2-8-37(34)53-23-21-52(22-24-53)20-18-41(57)50-36-7-3-6-35-42(36)46(61)54(45(35)60)38-16-17-40(56)51-44(38)59/h3-4,6-7,9-10,12-13,15,19,25-27,37-38H,2,5,8,16-18,20-24H2,1H3,(H,49,58)(H,50,57)(H,51,56,59). The molecule has 3 aliphatic heterocycles. The molecule has 6 amide bonds. The number of imide groups is 2. The molecule has 3 aromatic carbocycles. The number of anilines is 2. The fraction of sp³-hybridized carbons (Fsp3) is 0.304. The van der Waals surface area contributed by atoms with Crippen LogP contribution in [0.15, 0.2) is 79.1 Å². The van der Waals surface area contributed by atoms with Crippen molar-refractivity contribution >= 4 is 52.5 Å². The van der Waals surface area contributed by atoms with Crippen LogP contribution in [0.5, 0.6) is 0 Å². The molecule has 15 heteroatoms. The number of carbonyl (C=O) groups is 6. The molecule has 15 nitrogen and oxygen atoms in total. The number of piperidine rings is 1. The van der Waals surface area contributed by atoms with Crippen molar-refractivity contribution in [1.82, 2.24) is 34.6 Å². The predicted molar refractivity (Wildman–Crippen MR) is 225 cm³/mol. The first-order chi connectivity index (χ1) is 29.6. The largest absolute Gasteiger partial charge is 0.325 e. The quantitative estimate of drug-likeness (QED) is 0.153. The number of hydrogen-bond donors (Lipinski definition) is 3. The average molecular weight is 818 g/mol. The van der Waals surface area contributed by atoms with Gasteiger partial charge in [-0.3, -0.25) is 43.9 Å². The smallest absolute Gasteiger partial charge is 0.264 e. The molecule has 2 atom stereocenters. The summed E-state index contributed by atoms with van der Waals surface area (Å²) in [5.74, 6) is 3.50. The van der Waals surface area contributed by atoms with Crippen molar-refractivity contribution < 1.29 is 28.8 Å². The maximum atomic E-state index is 13.5. The molecule has 308 valence electrons. The lowest BCUT2D eigenvalue weighted by molar-refractivity contribution is -0.136. The van der Waals surface area contributed by atoms with Crippen LogP contribution < -0.4 is 16.0 Å². The van der Waals surface area contributed by atoms with E-state index in [0.717, 1.165) is 67.1 Å². The second-order valence-electron chi connectivity index (χ2n) is 15.8. The Balaban J connectivity index is 0.781. The van der Waals surface area contributed by atoms with Gasteiger partial charge < -0.3 is 15.5 Å². The summed E-state index contributed by atoms with van der Waals surface area (Å²) in [6.45, 7) is 5.74. The molecule has 1 aliphatic carbocycles. The summed E-state index contributed by atoms with van der Waals surface area (Å²) in [6.07, 6.45) is 6.62. The van der Waals surface area contributed by atoms with Crippen molar-refractivity contribution in [1.29, 1.82) is 0 Å². The molecular weight excluding hydrogens is 775 g/mol. The van der Waals surface area contributed by atoms with E-state index in [0.29, 0.717) is 23.5 Å². The van der Waals surface area contributed by atoms with Gasteiger partial charge in [0, 0.05) is 74.6 Å². The van der Waals surface area contributed by atoms with E-state index in [-0.39, 0.29) is 53.9 Å². The van der Waals surface area contributed by atoms with Gasteiger partial charge in [-0.2, -0.15) is 5.10 Å². The zero-order chi connectivity index (χ0) is 42.2. The summed E-state index contributed by atoms with van der Waals surface area (Å²) in [5.41, 5.74) is 7.30. The summed E-state index contributed by atoms with van der Waals surface area (Å²) >= 11 is 0. The van der Waals surface area contributed by atoms with E-state index in [1.165, 1.54) is 17.2 Å². The van der Waals surface area contributed by atoms with Gasteiger partial charge in [0.1, 0.15) is 11.7 Å². The highest BCUT2D eigenvalue weighted by Crippen LogP contribution is 2.36. The maximum absolute atomic E-state index is 13.5. The Morgan fingerprint density at radius 2 is 1.72 bits per heavy atom. The number of hydrogen-bond acceptors (Lipinski definition) is 10. The predicted octanol–water partition coefficient (Wildman–Crippen LogP) is 4.11. The molecule has 2 aromatic heterocycles. The molecular formula is C46H43N9O6. The van der Waals surface area contributed by atoms with E-state index < -0.39 is 29.7 Å². The minimum Gasteiger partial charge on any atom is -0.325 e. The second kappa shape index (κ2) is 16.6. The van der Waals surface area contributed by atoms with Crippen molar-refractivity contribution in [3.8, 4) is 11.8 Å². The van der Waals surface area contributed by atoms with Gasteiger partial charge in [-0.05, 0) is 104 Å². The van der Waals surface area contributed by atoms with E-state index in [1.54, 1.807) is 29.0 Å². The zero-order valence-electron chi connectivity index (χ0n) is 33.6. The number of rotatable bonds is 8. The lowest BCUT2D eigenvalue weighted by atomic mass is 9.85. The third-order valence-electron chi connectivity index (χ3n) is 12.0. The molecule has 0 bridgehead atoms. The highest BCUT2D eigenvalue weighted by molar-refractivity contribution is 6.26. The van der Waals surface area contributed by atoms with Gasteiger partial charge in [0.15, 0.2) is 5.65 Å². The molecule has 0 saturated carbocycles. The molecule has 0 radical (unpaired) electrons. The molecule has 0 spiro atoms. The number of carbonyl (C=O) groups excluding carboxylic acids is 6. The average Bonchev–Trinajstić information content (AvgIpc) is 3.80. The first kappa shape index (κ1) is 39.4. The van der Waals surface area contributed by atoms with Crippen LogP contribution in [0.2, 0.25) is 0 Å². The molecule has 5 heterocycles. The van der Waals surface area contributed by atoms with Gasteiger partial charge in [-0.25, -0.2) is 9.50 Å². The van der Waals surface area contributed by atoms with Crippen LogP contribution in [0.1, 0.15) is 97.2 Å². The highest BCUT2D eigenvalue weighted by Gasteiger charge is 2.45. The van der Waals surface area contributed by atoms with Gasteiger partial charge in [-0.1, -0.05) is 24.1 Å². The monoisotopic (exact) mass is 817 g/mol. The fourth-order valence-electron chi connectivity index (χ4n) is 8.78. The first-order valence-corrected chi connectivity index (χ1v) is 20.6. The van der Waals surface area contributed by atoms with Gasteiger partial charge in [-0.15, -0.1) is 0 Å². The van der Waals surface area contributed by atoms with E-state index in [9.17, 15) is 28.8 Å². The van der Waals surface area contributed by atoms with E-state index in [1.807, 2.05) is 49.4 Å². The third-order valence-corrected chi connectivity index (χ3v) is 12.0. The Kier molecular flexibility index (Phi) is 10.7. The van der Waals surface area contributed by atoms with Crippen LogP contribution in [0.4, 0.5) is 11.4 Å². The Morgan fingerprint density at radius 3 is 2.56 bits per heavy atom. The minimum absolute atomic E-state index is 0.0249. The summed E-state index contributed by atoms with van der Waals surface area (Å²) in [4.78, 5) is 87.5. The Morgan fingerprint density at radius 1 is 0.869 bits per heavy atom. The van der Waals surface area contributed by atoms with Crippen molar-refractivity contribution in [3.63, 3.8) is 0 Å². The van der Waals surface area contributed by atoms with Gasteiger partial charge in [0.25, 0.3) is 17.7 Å². The van der Waals surface area contributed by atoms with Crippen LogP contribution >= 0.6 is 0 Å². The number of benzene rings is 3. The van der Waals surface area contributed by atoms with Crippen molar-refractivity contribution in [2.45, 2.75) is 57.5 Å². The van der Waals surface area contributed by atoms with Crippen molar-refractivity contribution in [2.24, 2.45) is 0 Å². The minimum atomic E-state index is -1.08. The fourth-order valence-corrected chi connectivity index (χ4v) is 8.78.